The topological polar surface area (TPSA) is 29.5 Å². The lowest BCUT2D eigenvalue weighted by Crippen LogP contribution is -2.49. The molecular formula is C19H29NO2S. The lowest BCUT2D eigenvalue weighted by Gasteiger charge is -2.41. The molecule has 0 spiro atoms. The fourth-order valence-electron chi connectivity index (χ4n) is 4.39. The van der Waals surface area contributed by atoms with Crippen molar-refractivity contribution in [2.45, 2.75) is 42.2 Å². The minimum absolute atomic E-state index is 0.0309. The van der Waals surface area contributed by atoms with Gasteiger partial charge in [-0.15, -0.1) is 0 Å². The largest absolute Gasteiger partial charge is 0.469 e. The molecule has 4 atom stereocenters. The highest BCUT2D eigenvalue weighted by atomic mass is 32.3. The van der Waals surface area contributed by atoms with E-state index in [1.54, 1.807) is 0 Å². The maximum absolute atomic E-state index is 12.5. The molecule has 0 unspecified atom stereocenters. The summed E-state index contributed by atoms with van der Waals surface area (Å²) in [6, 6.07) is 9.97. The molecule has 2 aliphatic rings. The number of ether oxygens (including phenoxy) is 1. The quantitative estimate of drug-likeness (QED) is 0.792. The third kappa shape index (κ3) is 3.03. The molecular weight excluding hydrogens is 306 g/mol. The van der Waals surface area contributed by atoms with Crippen LogP contribution in [0.25, 0.3) is 0 Å². The zero-order chi connectivity index (χ0) is 16.8. The van der Waals surface area contributed by atoms with Crippen molar-refractivity contribution in [2.24, 2.45) is 5.92 Å². The smallest absolute Gasteiger partial charge is 0.310 e. The first-order valence-corrected chi connectivity index (χ1v) is 11.3. The van der Waals surface area contributed by atoms with E-state index in [-0.39, 0.29) is 11.9 Å². The highest BCUT2D eigenvalue weighted by molar-refractivity contribution is 8.32. The van der Waals surface area contributed by atoms with Gasteiger partial charge in [-0.25, -0.2) is 10.0 Å². The number of nitrogens with zero attached hydrogens (tertiary/aromatic N) is 1. The fraction of sp³-hybridized carbons (Fsp3) is 0.632. The van der Waals surface area contributed by atoms with Crippen molar-refractivity contribution in [1.29, 1.82) is 0 Å². The molecule has 0 N–H and O–H groups in total. The summed E-state index contributed by atoms with van der Waals surface area (Å²) in [7, 11) is 2.98. The van der Waals surface area contributed by atoms with E-state index < -0.39 is 10.0 Å². The Labute approximate surface area is 141 Å². The highest BCUT2D eigenvalue weighted by Crippen LogP contribution is 2.48. The van der Waals surface area contributed by atoms with Crippen LogP contribution in [0.5, 0.6) is 0 Å². The minimum Gasteiger partial charge on any atom is -0.469 e. The zero-order valence-corrected chi connectivity index (χ0v) is 15.7. The van der Waals surface area contributed by atoms with Gasteiger partial charge in [-0.05, 0) is 67.7 Å². The summed E-state index contributed by atoms with van der Waals surface area (Å²) in [5.74, 6) is 0.217. The van der Waals surface area contributed by atoms with Crippen LogP contribution >= 0.6 is 10.0 Å². The number of esters is 1. The van der Waals surface area contributed by atoms with Crippen LogP contribution in [0.4, 0.5) is 0 Å². The second kappa shape index (κ2) is 6.14. The van der Waals surface area contributed by atoms with Crippen LogP contribution in [0.15, 0.2) is 29.2 Å². The predicted molar refractivity (Wildman–Crippen MR) is 97.5 cm³/mol. The minimum atomic E-state index is -0.703. The molecule has 2 heterocycles. The first-order valence-electron chi connectivity index (χ1n) is 8.41. The average Bonchev–Trinajstić information content (AvgIpc) is 2.75. The van der Waals surface area contributed by atoms with Gasteiger partial charge in [-0.2, -0.15) is 0 Å². The Morgan fingerprint density at radius 1 is 1.17 bits per heavy atom. The molecule has 3 nitrogen and oxygen atoms in total. The van der Waals surface area contributed by atoms with E-state index in [1.807, 2.05) is 0 Å². The number of methoxy groups -OCH3 is 1. The Hall–Kier alpha value is -1.00. The normalized spacial score (nSPS) is 31.9. The van der Waals surface area contributed by atoms with E-state index in [9.17, 15) is 4.79 Å². The summed E-state index contributed by atoms with van der Waals surface area (Å²) < 4.78 is 5.16. The number of carbonyl (C=O) groups excluding carboxylic acids is 1. The molecule has 4 heteroatoms. The summed E-state index contributed by atoms with van der Waals surface area (Å²) in [6.45, 7) is 0. The van der Waals surface area contributed by atoms with E-state index in [2.05, 4.69) is 55.0 Å². The Kier molecular flexibility index (Phi) is 4.49. The second-order valence-corrected chi connectivity index (χ2v) is 11.9. The summed E-state index contributed by atoms with van der Waals surface area (Å²) in [4.78, 5) is 16.3. The molecule has 0 aromatic heterocycles. The molecule has 0 amide bonds. The van der Waals surface area contributed by atoms with E-state index >= 15 is 0 Å². The fourth-order valence-corrected chi connectivity index (χ4v) is 5.34. The Bertz CT molecular complexity index is 578. The van der Waals surface area contributed by atoms with Crippen LogP contribution in [0.3, 0.4) is 0 Å². The van der Waals surface area contributed by atoms with Gasteiger partial charge in [-0.3, -0.25) is 9.69 Å². The van der Waals surface area contributed by atoms with Crippen LogP contribution in [0.2, 0.25) is 0 Å². The Morgan fingerprint density at radius 3 is 2.39 bits per heavy atom. The maximum Gasteiger partial charge on any atom is 0.310 e. The van der Waals surface area contributed by atoms with Gasteiger partial charge in [0.15, 0.2) is 0 Å². The third-order valence-corrected chi connectivity index (χ3v) is 7.44. The van der Waals surface area contributed by atoms with Crippen molar-refractivity contribution in [2.75, 3.05) is 32.9 Å². The van der Waals surface area contributed by atoms with Crippen LogP contribution in [-0.2, 0) is 9.53 Å². The molecule has 128 valence electrons. The van der Waals surface area contributed by atoms with Crippen molar-refractivity contribution in [1.82, 2.24) is 4.90 Å². The molecule has 2 fully saturated rings. The predicted octanol–water partition coefficient (Wildman–Crippen LogP) is 3.48. The molecule has 2 aliphatic heterocycles. The standard InChI is InChI=1S/C19H29NO2S/c1-20-14-8-11-17(20)18(19(21)22-2)16(12-14)13-6-9-15(10-7-13)23(3,4)5/h6-7,9-10,14,16-18H,8,11-12H2,1-5H3/t14-,16+,17+,18-/m0/s1. The van der Waals surface area contributed by atoms with Crippen molar-refractivity contribution in [3.05, 3.63) is 29.8 Å². The van der Waals surface area contributed by atoms with Gasteiger partial charge in [-0.1, -0.05) is 12.1 Å². The van der Waals surface area contributed by atoms with E-state index in [4.69, 9.17) is 4.74 Å². The molecule has 1 aromatic carbocycles. The van der Waals surface area contributed by atoms with Crippen LogP contribution < -0.4 is 0 Å². The molecule has 3 rings (SSSR count). The molecule has 1 aromatic rings. The Balaban J connectivity index is 1.92. The van der Waals surface area contributed by atoms with Crippen molar-refractivity contribution < 1.29 is 9.53 Å². The highest BCUT2D eigenvalue weighted by Gasteiger charge is 2.49. The van der Waals surface area contributed by atoms with Crippen molar-refractivity contribution >= 4 is 16.0 Å². The number of hydrogen-bond acceptors (Lipinski definition) is 3. The monoisotopic (exact) mass is 335 g/mol. The van der Waals surface area contributed by atoms with Gasteiger partial charge < -0.3 is 4.74 Å². The van der Waals surface area contributed by atoms with E-state index in [0.717, 1.165) is 12.8 Å². The van der Waals surface area contributed by atoms with Crippen molar-refractivity contribution in [3.8, 4) is 0 Å². The molecule has 0 radical (unpaired) electrons. The van der Waals surface area contributed by atoms with Gasteiger partial charge in [0.2, 0.25) is 0 Å². The lowest BCUT2D eigenvalue weighted by atomic mass is 9.76. The van der Waals surface area contributed by atoms with Crippen LogP contribution in [0.1, 0.15) is 30.7 Å². The van der Waals surface area contributed by atoms with Gasteiger partial charge in [0.05, 0.1) is 13.0 Å². The van der Waals surface area contributed by atoms with Gasteiger partial charge in [0.1, 0.15) is 0 Å². The molecule has 23 heavy (non-hydrogen) atoms. The number of fused-ring (bicyclic) bond motifs is 2. The first-order chi connectivity index (χ1) is 10.8. The number of piperidine rings is 1. The van der Waals surface area contributed by atoms with Gasteiger partial charge in [0, 0.05) is 18.0 Å². The SMILES string of the molecule is COC(=O)[C@H]1[C@@H](c2ccc(S(C)(C)C)cc2)C[C@@H]2CC[C@H]1N2C. The summed E-state index contributed by atoms with van der Waals surface area (Å²) in [6.07, 6.45) is 10.3. The molecule has 2 saturated heterocycles. The number of benzene rings is 1. The van der Waals surface area contributed by atoms with Gasteiger partial charge >= 0.3 is 5.97 Å². The maximum atomic E-state index is 12.5. The Morgan fingerprint density at radius 2 is 1.83 bits per heavy atom. The molecule has 2 bridgehead atoms. The van der Waals surface area contributed by atoms with Crippen LogP contribution in [-0.4, -0.2) is 55.9 Å². The summed E-state index contributed by atoms with van der Waals surface area (Å²) in [5.41, 5.74) is 1.30. The first kappa shape index (κ1) is 16.8. The third-order valence-electron chi connectivity index (χ3n) is 5.76. The number of carbonyl (C=O) groups is 1. The number of hydrogen-bond donors (Lipinski definition) is 0. The second-order valence-electron chi connectivity index (χ2n) is 7.76. The lowest BCUT2D eigenvalue weighted by molar-refractivity contribution is -0.150. The van der Waals surface area contributed by atoms with Crippen molar-refractivity contribution in [3.63, 3.8) is 0 Å². The summed E-state index contributed by atoms with van der Waals surface area (Å²) >= 11 is 0. The van der Waals surface area contributed by atoms with E-state index in [0.29, 0.717) is 18.0 Å². The number of rotatable bonds is 3. The molecule has 0 aliphatic carbocycles. The van der Waals surface area contributed by atoms with E-state index in [1.165, 1.54) is 24.0 Å². The average molecular weight is 336 g/mol. The van der Waals surface area contributed by atoms with Crippen LogP contribution in [0, 0.1) is 5.92 Å². The molecule has 0 saturated carbocycles. The van der Waals surface area contributed by atoms with Gasteiger partial charge in [0.25, 0.3) is 0 Å². The zero-order valence-electron chi connectivity index (χ0n) is 14.9. The summed E-state index contributed by atoms with van der Waals surface area (Å²) in [5, 5.41) is 0.